The van der Waals surface area contributed by atoms with Gasteiger partial charge in [-0.05, 0) is 54.3 Å². The molecular formula is C30H30Cl2N4O6S. The smallest absolute Gasteiger partial charge is 0.354 e. The van der Waals surface area contributed by atoms with Crippen LogP contribution in [0.5, 0.6) is 0 Å². The first kappa shape index (κ1) is 30.9. The maximum atomic E-state index is 14.3. The van der Waals surface area contributed by atoms with Crippen molar-refractivity contribution in [1.82, 2.24) is 19.9 Å². The summed E-state index contributed by atoms with van der Waals surface area (Å²) in [5.41, 5.74) is 1.51. The standard InChI is InChI=1S/C30H30Cl2N4O6S/c1-43(41,42)35-23-10-4-5-12-25(23)36-27(21-14-13-17(31)15-22(21)32)26(19-8-2-3-9-20(19)29(36)38)28(37)33-16-18-7-6-11-24(34-18)30(39)40/h2-3,6-9,11,13-15,23,25-27,35H,4-5,10,12,16H2,1H3,(H,33,37)(H,39,40)/t23-,25?,26+,27-/m0/s1. The molecule has 226 valence electrons. The van der Waals surface area contributed by atoms with Gasteiger partial charge in [0.2, 0.25) is 15.9 Å². The van der Waals surface area contributed by atoms with E-state index >= 15 is 0 Å². The van der Waals surface area contributed by atoms with Crippen molar-refractivity contribution in [2.75, 3.05) is 6.26 Å². The molecule has 1 unspecified atom stereocenters. The fourth-order valence-corrected chi connectivity index (χ4v) is 7.46. The Morgan fingerprint density at radius 3 is 2.49 bits per heavy atom. The number of nitrogens with one attached hydrogen (secondary N) is 2. The summed E-state index contributed by atoms with van der Waals surface area (Å²) in [4.78, 5) is 45.6. The number of aromatic nitrogens is 1. The average Bonchev–Trinajstić information content (AvgIpc) is 2.96. The van der Waals surface area contributed by atoms with Crippen LogP contribution in [0.2, 0.25) is 10.0 Å². The highest BCUT2D eigenvalue weighted by molar-refractivity contribution is 7.88. The van der Waals surface area contributed by atoms with Crippen LogP contribution in [0, 0.1) is 0 Å². The molecule has 3 N–H and O–H groups in total. The van der Waals surface area contributed by atoms with Crippen molar-refractivity contribution in [3.63, 3.8) is 0 Å². The van der Waals surface area contributed by atoms with Crippen molar-refractivity contribution in [3.05, 3.63) is 98.8 Å². The molecule has 1 aliphatic heterocycles. The first-order valence-electron chi connectivity index (χ1n) is 13.8. The van der Waals surface area contributed by atoms with Gasteiger partial charge in [-0.3, -0.25) is 9.59 Å². The highest BCUT2D eigenvalue weighted by Crippen LogP contribution is 2.47. The van der Waals surface area contributed by atoms with E-state index in [-0.39, 0.29) is 23.2 Å². The van der Waals surface area contributed by atoms with Gasteiger partial charge in [-0.1, -0.05) is 66.4 Å². The first-order valence-corrected chi connectivity index (χ1v) is 16.4. The number of carboxylic acids is 1. The minimum atomic E-state index is -3.61. The quantitative estimate of drug-likeness (QED) is 0.326. The fourth-order valence-electron chi connectivity index (χ4n) is 6.11. The molecule has 5 rings (SSSR count). The highest BCUT2D eigenvalue weighted by Gasteiger charge is 2.49. The molecule has 2 heterocycles. The SMILES string of the molecule is CS(=O)(=O)N[C@H]1CCCCC1N1C(=O)c2ccccc2[C@@H](C(=O)NCc2cccc(C(=O)O)n2)[C@@H]1c1ccc(Cl)cc1Cl. The zero-order valence-corrected chi connectivity index (χ0v) is 25.5. The lowest BCUT2D eigenvalue weighted by atomic mass is 9.76. The van der Waals surface area contributed by atoms with Gasteiger partial charge in [0.15, 0.2) is 0 Å². The molecule has 3 aromatic rings. The third kappa shape index (κ3) is 6.70. The zero-order chi connectivity index (χ0) is 30.9. The number of amides is 2. The number of aromatic carboxylic acids is 1. The van der Waals surface area contributed by atoms with Gasteiger partial charge in [-0.25, -0.2) is 22.9 Å². The van der Waals surface area contributed by atoms with Gasteiger partial charge in [0.1, 0.15) is 5.69 Å². The van der Waals surface area contributed by atoms with Gasteiger partial charge in [0.05, 0.1) is 30.5 Å². The lowest BCUT2D eigenvalue weighted by molar-refractivity contribution is -0.124. The van der Waals surface area contributed by atoms with Gasteiger partial charge in [0.25, 0.3) is 5.91 Å². The summed E-state index contributed by atoms with van der Waals surface area (Å²) < 4.78 is 27.4. The second-order valence-corrected chi connectivity index (χ2v) is 13.4. The van der Waals surface area contributed by atoms with Gasteiger partial charge < -0.3 is 15.3 Å². The molecule has 0 saturated heterocycles. The second kappa shape index (κ2) is 12.6. The molecule has 0 spiro atoms. The number of halogens is 2. The van der Waals surface area contributed by atoms with Crippen molar-refractivity contribution < 1.29 is 27.9 Å². The molecule has 43 heavy (non-hydrogen) atoms. The Morgan fingerprint density at radius 1 is 1.02 bits per heavy atom. The Labute approximate surface area is 259 Å². The Kier molecular flexibility index (Phi) is 9.07. The molecule has 2 aliphatic rings. The molecule has 4 atom stereocenters. The number of sulfonamides is 1. The van der Waals surface area contributed by atoms with Crippen LogP contribution in [0.1, 0.15) is 75.3 Å². The van der Waals surface area contributed by atoms with Gasteiger partial charge >= 0.3 is 5.97 Å². The summed E-state index contributed by atoms with van der Waals surface area (Å²) in [6, 6.07) is 14.2. The number of carbonyl (C=O) groups is 3. The maximum absolute atomic E-state index is 14.3. The van der Waals surface area contributed by atoms with Crippen LogP contribution in [-0.4, -0.2) is 59.5 Å². The summed E-state index contributed by atoms with van der Waals surface area (Å²) in [5.74, 6) is -2.91. The first-order chi connectivity index (χ1) is 20.4. The lowest BCUT2D eigenvalue weighted by Gasteiger charge is -2.49. The van der Waals surface area contributed by atoms with Gasteiger partial charge in [0, 0.05) is 27.7 Å². The summed E-state index contributed by atoms with van der Waals surface area (Å²) in [5, 5.41) is 12.8. The van der Waals surface area contributed by atoms with E-state index in [0.29, 0.717) is 40.2 Å². The van der Waals surface area contributed by atoms with E-state index in [9.17, 15) is 27.9 Å². The molecule has 1 saturated carbocycles. The van der Waals surface area contributed by atoms with Gasteiger partial charge in [-0.15, -0.1) is 0 Å². The summed E-state index contributed by atoms with van der Waals surface area (Å²) >= 11 is 13.0. The average molecular weight is 646 g/mol. The fraction of sp³-hybridized carbons (Fsp3) is 0.333. The van der Waals surface area contributed by atoms with Gasteiger partial charge in [-0.2, -0.15) is 0 Å². The molecule has 1 fully saturated rings. The molecule has 0 bridgehead atoms. The predicted molar refractivity (Wildman–Crippen MR) is 162 cm³/mol. The Morgan fingerprint density at radius 2 is 1.77 bits per heavy atom. The molecule has 1 aliphatic carbocycles. The van der Waals surface area contributed by atoms with Crippen LogP contribution in [0.3, 0.4) is 0 Å². The van der Waals surface area contributed by atoms with Crippen molar-refractivity contribution in [1.29, 1.82) is 0 Å². The Balaban J connectivity index is 1.62. The molecule has 1 aromatic heterocycles. The van der Waals surface area contributed by atoms with E-state index < -0.39 is 45.9 Å². The van der Waals surface area contributed by atoms with Crippen LogP contribution < -0.4 is 10.0 Å². The lowest BCUT2D eigenvalue weighted by Crippen LogP contribution is -2.59. The van der Waals surface area contributed by atoms with E-state index in [4.69, 9.17) is 23.2 Å². The number of carboxylic acid groups (broad SMARTS) is 1. The third-order valence-corrected chi connectivity index (χ3v) is 9.15. The van der Waals surface area contributed by atoms with E-state index in [2.05, 4.69) is 15.0 Å². The minimum absolute atomic E-state index is 0.0602. The number of hydrogen-bond donors (Lipinski definition) is 3. The molecule has 0 radical (unpaired) electrons. The van der Waals surface area contributed by atoms with Crippen LogP contribution in [0.15, 0.2) is 60.7 Å². The van der Waals surface area contributed by atoms with Crippen LogP contribution >= 0.6 is 23.2 Å². The Hall–Kier alpha value is -3.51. The van der Waals surface area contributed by atoms with Crippen LogP contribution in [0.25, 0.3) is 0 Å². The van der Waals surface area contributed by atoms with E-state index in [1.165, 1.54) is 6.07 Å². The number of hydrogen-bond acceptors (Lipinski definition) is 6. The topological polar surface area (TPSA) is 146 Å². The Bertz CT molecular complexity index is 1680. The number of carbonyl (C=O) groups excluding carboxylic acids is 2. The highest BCUT2D eigenvalue weighted by atomic mass is 35.5. The summed E-state index contributed by atoms with van der Waals surface area (Å²) in [6.45, 7) is -0.0602. The summed E-state index contributed by atoms with van der Waals surface area (Å²) in [6.07, 6.45) is 3.67. The van der Waals surface area contributed by atoms with E-state index in [1.807, 2.05) is 0 Å². The molecule has 10 nitrogen and oxygen atoms in total. The van der Waals surface area contributed by atoms with E-state index in [0.717, 1.165) is 19.1 Å². The summed E-state index contributed by atoms with van der Waals surface area (Å²) in [7, 11) is -3.61. The normalized spacial score (nSPS) is 22.1. The zero-order valence-electron chi connectivity index (χ0n) is 23.2. The number of rotatable bonds is 8. The number of pyridine rings is 1. The molecule has 13 heteroatoms. The van der Waals surface area contributed by atoms with Crippen molar-refractivity contribution in [2.24, 2.45) is 0 Å². The largest absolute Gasteiger partial charge is 0.477 e. The van der Waals surface area contributed by atoms with E-state index in [1.54, 1.807) is 59.5 Å². The van der Waals surface area contributed by atoms with Crippen LogP contribution in [0.4, 0.5) is 0 Å². The monoisotopic (exact) mass is 644 g/mol. The van der Waals surface area contributed by atoms with Crippen molar-refractivity contribution >= 4 is 51.0 Å². The minimum Gasteiger partial charge on any atom is -0.477 e. The molecule has 2 aromatic carbocycles. The molecule has 2 amide bonds. The number of nitrogens with zero attached hydrogens (tertiary/aromatic N) is 2. The van der Waals surface area contributed by atoms with Crippen LogP contribution in [-0.2, 0) is 21.4 Å². The number of fused-ring (bicyclic) bond motifs is 1. The predicted octanol–water partition coefficient (Wildman–Crippen LogP) is 4.54. The maximum Gasteiger partial charge on any atom is 0.354 e. The molecular weight excluding hydrogens is 615 g/mol. The number of benzene rings is 2. The second-order valence-electron chi connectivity index (χ2n) is 10.8. The van der Waals surface area contributed by atoms with Crippen molar-refractivity contribution in [2.45, 2.75) is 56.3 Å². The van der Waals surface area contributed by atoms with Crippen molar-refractivity contribution in [3.8, 4) is 0 Å². The third-order valence-electron chi connectivity index (χ3n) is 7.86.